The molecule has 0 aliphatic carbocycles. The first-order valence-electron chi connectivity index (χ1n) is 7.73. The molecule has 0 saturated heterocycles. The minimum absolute atomic E-state index is 0.210. The van der Waals surface area contributed by atoms with Crippen LogP contribution in [0.25, 0.3) is 0 Å². The molecule has 1 aromatic rings. The van der Waals surface area contributed by atoms with Crippen LogP contribution in [-0.2, 0) is 4.74 Å². The number of esters is 1. The van der Waals surface area contributed by atoms with E-state index < -0.39 is 5.97 Å². The highest BCUT2D eigenvalue weighted by atomic mass is 16.5. The zero-order chi connectivity index (χ0) is 17.2. The van der Waals surface area contributed by atoms with Gasteiger partial charge in [-0.25, -0.2) is 4.79 Å². The van der Waals surface area contributed by atoms with E-state index >= 15 is 0 Å². The van der Waals surface area contributed by atoms with Crippen LogP contribution in [0.15, 0.2) is 47.6 Å². The molecule has 1 rings (SSSR count). The number of allylic oxidation sites excluding steroid dienone is 3. The summed E-state index contributed by atoms with van der Waals surface area (Å²) in [4.78, 5) is 23.9. The maximum Gasteiger partial charge on any atom is 0.339 e. The van der Waals surface area contributed by atoms with Gasteiger partial charge < -0.3 is 10.1 Å². The Balaban J connectivity index is 2.61. The van der Waals surface area contributed by atoms with Crippen LogP contribution in [0.3, 0.4) is 0 Å². The molecule has 1 amide bonds. The second-order valence-electron chi connectivity index (χ2n) is 5.59. The molecule has 124 valence electrons. The lowest BCUT2D eigenvalue weighted by atomic mass is 10.1. The largest absolute Gasteiger partial charge is 0.458 e. The molecule has 4 heteroatoms. The Kier molecular flexibility index (Phi) is 7.81. The van der Waals surface area contributed by atoms with Gasteiger partial charge in [0.2, 0.25) is 0 Å². The lowest BCUT2D eigenvalue weighted by Crippen LogP contribution is -2.21. The van der Waals surface area contributed by atoms with Crippen molar-refractivity contribution in [1.29, 1.82) is 0 Å². The summed E-state index contributed by atoms with van der Waals surface area (Å²) >= 11 is 0. The molecule has 0 spiro atoms. The predicted octanol–water partition coefficient (Wildman–Crippen LogP) is 3.90. The van der Waals surface area contributed by atoms with Gasteiger partial charge in [-0.1, -0.05) is 29.4 Å². The molecule has 0 unspecified atom stereocenters. The van der Waals surface area contributed by atoms with Crippen molar-refractivity contribution in [2.45, 2.75) is 33.6 Å². The van der Waals surface area contributed by atoms with E-state index in [1.165, 1.54) is 18.2 Å². The van der Waals surface area contributed by atoms with E-state index in [1.54, 1.807) is 24.3 Å². The number of carbonyl (C=O) groups is 2. The topological polar surface area (TPSA) is 55.4 Å². The van der Waals surface area contributed by atoms with Crippen molar-refractivity contribution >= 4 is 11.9 Å². The van der Waals surface area contributed by atoms with E-state index in [9.17, 15) is 9.59 Å². The van der Waals surface area contributed by atoms with Crippen molar-refractivity contribution < 1.29 is 14.3 Å². The summed E-state index contributed by atoms with van der Waals surface area (Å²) in [6, 6.07) is 6.63. The average Bonchev–Trinajstić information content (AvgIpc) is 2.53. The van der Waals surface area contributed by atoms with Crippen LogP contribution in [0.2, 0.25) is 0 Å². The van der Waals surface area contributed by atoms with Crippen LogP contribution in [0.1, 0.15) is 54.3 Å². The van der Waals surface area contributed by atoms with Crippen molar-refractivity contribution in [2.24, 2.45) is 0 Å². The first-order chi connectivity index (χ1) is 11.0. The van der Waals surface area contributed by atoms with Crippen molar-refractivity contribution in [3.05, 3.63) is 58.7 Å². The Morgan fingerprint density at radius 3 is 2.35 bits per heavy atom. The highest BCUT2D eigenvalue weighted by Crippen LogP contribution is 2.11. The van der Waals surface area contributed by atoms with Crippen molar-refractivity contribution in [3.8, 4) is 0 Å². The first kappa shape index (κ1) is 18.7. The minimum atomic E-state index is -0.488. The second-order valence-corrected chi connectivity index (χ2v) is 5.59. The zero-order valence-electron chi connectivity index (χ0n) is 14.3. The van der Waals surface area contributed by atoms with Crippen LogP contribution in [0.5, 0.6) is 0 Å². The van der Waals surface area contributed by atoms with E-state index in [0.717, 1.165) is 12.8 Å². The summed E-state index contributed by atoms with van der Waals surface area (Å²) in [6.45, 7) is 6.38. The van der Waals surface area contributed by atoms with Gasteiger partial charge in [0.25, 0.3) is 5.91 Å². The van der Waals surface area contributed by atoms with Gasteiger partial charge in [0.05, 0.1) is 11.1 Å². The number of amides is 1. The lowest BCUT2D eigenvalue weighted by molar-refractivity contribution is 0.0545. The van der Waals surface area contributed by atoms with E-state index in [2.05, 4.69) is 25.2 Å². The molecule has 1 N–H and O–H groups in total. The van der Waals surface area contributed by atoms with Crippen LogP contribution in [0.4, 0.5) is 0 Å². The molecule has 0 aliphatic rings. The normalized spacial score (nSPS) is 10.9. The Hall–Kier alpha value is -2.36. The standard InChI is InChI=1S/C19H25NO3/c1-14(2)8-7-9-15(3)12-13-23-19(22)17-11-6-5-10-16(17)18(21)20-4/h5-6,8,10-12H,7,9,13H2,1-4H3,(H,20,21)/b15-12+. The third-order valence-electron chi connectivity index (χ3n) is 3.36. The lowest BCUT2D eigenvalue weighted by Gasteiger charge is -2.08. The average molecular weight is 315 g/mol. The number of hydrogen-bond acceptors (Lipinski definition) is 3. The fourth-order valence-corrected chi connectivity index (χ4v) is 2.02. The number of ether oxygens (including phenoxy) is 1. The van der Waals surface area contributed by atoms with Crippen LogP contribution in [0, 0.1) is 0 Å². The van der Waals surface area contributed by atoms with E-state index in [4.69, 9.17) is 4.74 Å². The Morgan fingerprint density at radius 2 is 1.74 bits per heavy atom. The summed E-state index contributed by atoms with van der Waals surface area (Å²) in [5.41, 5.74) is 3.08. The monoisotopic (exact) mass is 315 g/mol. The first-order valence-corrected chi connectivity index (χ1v) is 7.73. The van der Waals surface area contributed by atoms with Gasteiger partial charge >= 0.3 is 5.97 Å². The zero-order valence-corrected chi connectivity index (χ0v) is 14.3. The van der Waals surface area contributed by atoms with E-state index in [1.807, 2.05) is 13.0 Å². The van der Waals surface area contributed by atoms with E-state index in [-0.39, 0.29) is 18.1 Å². The maximum absolute atomic E-state index is 12.1. The van der Waals surface area contributed by atoms with Crippen molar-refractivity contribution in [2.75, 3.05) is 13.7 Å². The van der Waals surface area contributed by atoms with Gasteiger partial charge in [0, 0.05) is 7.05 Å². The number of benzene rings is 1. The third-order valence-corrected chi connectivity index (χ3v) is 3.36. The fraction of sp³-hybridized carbons (Fsp3) is 0.368. The molecule has 4 nitrogen and oxygen atoms in total. The molecule has 0 aromatic heterocycles. The highest BCUT2D eigenvalue weighted by Gasteiger charge is 2.16. The molecule has 0 heterocycles. The number of nitrogens with one attached hydrogen (secondary N) is 1. The molecule has 0 radical (unpaired) electrons. The van der Waals surface area contributed by atoms with Gasteiger partial charge in [-0.05, 0) is 51.8 Å². The van der Waals surface area contributed by atoms with E-state index in [0.29, 0.717) is 5.56 Å². The van der Waals surface area contributed by atoms with Gasteiger partial charge in [-0.3, -0.25) is 4.79 Å². The third kappa shape index (κ3) is 6.51. The summed E-state index contributed by atoms with van der Waals surface area (Å²) < 4.78 is 5.25. The van der Waals surface area contributed by atoms with Crippen molar-refractivity contribution in [3.63, 3.8) is 0 Å². The highest BCUT2D eigenvalue weighted by molar-refractivity contribution is 6.05. The molecule has 0 bridgehead atoms. The van der Waals surface area contributed by atoms with Crippen LogP contribution >= 0.6 is 0 Å². The van der Waals surface area contributed by atoms with Gasteiger partial charge in [0.1, 0.15) is 6.61 Å². The Labute approximate surface area is 138 Å². The fourth-order valence-electron chi connectivity index (χ4n) is 2.02. The van der Waals surface area contributed by atoms with Crippen molar-refractivity contribution in [1.82, 2.24) is 5.32 Å². The Morgan fingerprint density at radius 1 is 1.09 bits per heavy atom. The van der Waals surface area contributed by atoms with Gasteiger partial charge in [-0.15, -0.1) is 0 Å². The smallest absolute Gasteiger partial charge is 0.339 e. The summed E-state index contributed by atoms with van der Waals surface area (Å²) in [5, 5.41) is 2.52. The quantitative estimate of drug-likeness (QED) is 0.613. The minimum Gasteiger partial charge on any atom is -0.458 e. The maximum atomic E-state index is 12.1. The number of carbonyl (C=O) groups excluding carboxylic acids is 2. The molecule has 0 fully saturated rings. The molecule has 1 aromatic carbocycles. The number of hydrogen-bond donors (Lipinski definition) is 1. The summed E-state index contributed by atoms with van der Waals surface area (Å²) in [5.74, 6) is -0.788. The van der Waals surface area contributed by atoms with Gasteiger partial charge in [-0.2, -0.15) is 0 Å². The summed E-state index contributed by atoms with van der Waals surface area (Å²) in [7, 11) is 1.53. The molecule has 0 aliphatic heterocycles. The Bertz CT molecular complexity index is 611. The van der Waals surface area contributed by atoms with Gasteiger partial charge in [0.15, 0.2) is 0 Å². The molecule has 0 saturated carbocycles. The molecular weight excluding hydrogens is 290 g/mol. The summed E-state index contributed by atoms with van der Waals surface area (Å²) in [6.07, 6.45) is 6.01. The second kappa shape index (κ2) is 9.62. The molecule has 23 heavy (non-hydrogen) atoms. The van der Waals surface area contributed by atoms with Crippen LogP contribution < -0.4 is 5.32 Å². The van der Waals surface area contributed by atoms with Crippen LogP contribution in [-0.4, -0.2) is 25.5 Å². The molecule has 0 atom stereocenters. The SMILES string of the molecule is CNC(=O)c1ccccc1C(=O)OC/C=C(\C)CCC=C(C)C. The molecular formula is C19H25NO3. The predicted molar refractivity (Wildman–Crippen MR) is 92.5 cm³/mol. The number of rotatable bonds is 7.